The molecule has 1 aromatic carbocycles. The van der Waals surface area contributed by atoms with E-state index in [1.165, 1.54) is 5.69 Å². The molecule has 1 aliphatic heterocycles. The van der Waals surface area contributed by atoms with Gasteiger partial charge < -0.3 is 14.5 Å². The minimum atomic E-state index is -0.901. The third-order valence-electron chi connectivity index (χ3n) is 4.04. The Morgan fingerprint density at radius 3 is 2.91 bits per heavy atom. The molecule has 0 atom stereocenters. The van der Waals surface area contributed by atoms with Crippen molar-refractivity contribution in [2.75, 3.05) is 13.7 Å². The van der Waals surface area contributed by atoms with E-state index >= 15 is 0 Å². The molecular formula is C17H22N2O3. The van der Waals surface area contributed by atoms with Crippen LogP contribution in [0.3, 0.4) is 0 Å². The van der Waals surface area contributed by atoms with E-state index in [0.717, 1.165) is 36.0 Å². The quantitative estimate of drug-likeness (QED) is 0.882. The summed E-state index contributed by atoms with van der Waals surface area (Å²) in [5.74, 6) is -0.901. The van der Waals surface area contributed by atoms with E-state index in [-0.39, 0.29) is 7.43 Å². The van der Waals surface area contributed by atoms with Crippen molar-refractivity contribution < 1.29 is 14.7 Å². The first-order valence-corrected chi connectivity index (χ1v) is 6.93. The van der Waals surface area contributed by atoms with Crippen LogP contribution in [0.4, 0.5) is 0 Å². The first kappa shape index (κ1) is 16.3. The van der Waals surface area contributed by atoms with Crippen molar-refractivity contribution in [3.8, 4) is 0 Å². The lowest BCUT2D eigenvalue weighted by molar-refractivity contribution is -0.142. The van der Waals surface area contributed by atoms with E-state index in [2.05, 4.69) is 11.1 Å². The second-order valence-electron chi connectivity index (χ2n) is 5.16. The van der Waals surface area contributed by atoms with Crippen LogP contribution in [0.5, 0.6) is 0 Å². The molecule has 0 unspecified atom stereocenters. The van der Waals surface area contributed by atoms with Crippen LogP contribution in [0.1, 0.15) is 29.0 Å². The summed E-state index contributed by atoms with van der Waals surface area (Å²) in [7, 11) is 1.66. The van der Waals surface area contributed by atoms with E-state index in [0.29, 0.717) is 12.1 Å². The van der Waals surface area contributed by atoms with Gasteiger partial charge in [-0.3, -0.25) is 0 Å². The molecule has 5 heteroatoms. The Morgan fingerprint density at radius 1 is 1.50 bits per heavy atom. The average molecular weight is 302 g/mol. The molecule has 1 aromatic heterocycles. The number of carbonyl (C=O) groups is 1. The summed E-state index contributed by atoms with van der Waals surface area (Å²) >= 11 is 0. The van der Waals surface area contributed by atoms with Crippen molar-refractivity contribution in [1.29, 1.82) is 0 Å². The van der Waals surface area contributed by atoms with Gasteiger partial charge >= 0.3 is 5.97 Å². The Bertz CT molecular complexity index is 718. The summed E-state index contributed by atoms with van der Waals surface area (Å²) in [6, 6.07) is 5.30. The summed E-state index contributed by atoms with van der Waals surface area (Å²) in [5, 5.41) is 12.1. The molecule has 2 heterocycles. The van der Waals surface area contributed by atoms with E-state index < -0.39 is 5.97 Å². The fourth-order valence-corrected chi connectivity index (χ4v) is 3.05. The Kier molecular flexibility index (Phi) is 4.68. The molecule has 3 rings (SSSR count). The number of nitrogens with zero attached hydrogens (tertiary/aromatic N) is 2. The van der Waals surface area contributed by atoms with E-state index in [4.69, 9.17) is 4.84 Å². The van der Waals surface area contributed by atoms with Gasteiger partial charge in [0.05, 0.1) is 19.2 Å². The SMILES string of the molecule is C.C=CCn1c2c(c3cc(C(=O)O)ccc31)CN(OC)CC2. The molecule has 22 heavy (non-hydrogen) atoms. The lowest BCUT2D eigenvalue weighted by atomic mass is 10.0. The molecule has 5 nitrogen and oxygen atoms in total. The number of allylic oxidation sites excluding steroid dienone is 1. The van der Waals surface area contributed by atoms with Gasteiger partial charge in [-0.2, -0.15) is 5.06 Å². The highest BCUT2D eigenvalue weighted by Gasteiger charge is 2.24. The summed E-state index contributed by atoms with van der Waals surface area (Å²) in [6.45, 7) is 6.06. The molecule has 0 bridgehead atoms. The molecule has 0 saturated heterocycles. The molecule has 0 aliphatic carbocycles. The topological polar surface area (TPSA) is 54.7 Å². The molecule has 118 valence electrons. The second kappa shape index (κ2) is 6.34. The zero-order chi connectivity index (χ0) is 15.0. The van der Waals surface area contributed by atoms with Gasteiger partial charge in [0.25, 0.3) is 0 Å². The Balaban J connectivity index is 0.00000176. The number of aromatic nitrogens is 1. The highest BCUT2D eigenvalue weighted by molar-refractivity contribution is 5.95. The first-order chi connectivity index (χ1) is 10.2. The van der Waals surface area contributed by atoms with Crippen molar-refractivity contribution in [1.82, 2.24) is 9.63 Å². The fourth-order valence-electron chi connectivity index (χ4n) is 3.05. The van der Waals surface area contributed by atoms with Crippen LogP contribution in [0.2, 0.25) is 0 Å². The molecule has 0 fully saturated rings. The first-order valence-electron chi connectivity index (χ1n) is 6.93. The van der Waals surface area contributed by atoms with Crippen molar-refractivity contribution in [2.45, 2.75) is 26.9 Å². The van der Waals surface area contributed by atoms with E-state index in [9.17, 15) is 9.90 Å². The number of benzene rings is 1. The smallest absolute Gasteiger partial charge is 0.335 e. The van der Waals surface area contributed by atoms with Gasteiger partial charge in [-0.25, -0.2) is 4.79 Å². The predicted octanol–water partition coefficient (Wildman–Crippen LogP) is 3.08. The highest BCUT2D eigenvalue weighted by atomic mass is 16.7. The van der Waals surface area contributed by atoms with E-state index in [1.54, 1.807) is 19.2 Å². The zero-order valence-electron chi connectivity index (χ0n) is 12.0. The maximum Gasteiger partial charge on any atom is 0.335 e. The fraction of sp³-hybridized carbons (Fsp3) is 0.353. The summed E-state index contributed by atoms with van der Waals surface area (Å²) in [6.07, 6.45) is 2.75. The highest BCUT2D eigenvalue weighted by Crippen LogP contribution is 2.31. The number of carboxylic acids is 1. The van der Waals surface area contributed by atoms with Gasteiger partial charge in [0.1, 0.15) is 0 Å². The van der Waals surface area contributed by atoms with Gasteiger partial charge in [-0.05, 0) is 23.8 Å². The molecule has 0 spiro atoms. The molecular weight excluding hydrogens is 280 g/mol. The molecule has 0 saturated carbocycles. The van der Waals surface area contributed by atoms with E-state index in [1.807, 2.05) is 17.2 Å². The maximum absolute atomic E-state index is 11.2. The van der Waals surface area contributed by atoms with Gasteiger partial charge in [0.2, 0.25) is 0 Å². The third-order valence-corrected chi connectivity index (χ3v) is 4.04. The lowest BCUT2D eigenvalue weighted by Crippen LogP contribution is -2.30. The van der Waals surface area contributed by atoms with Crippen LogP contribution in [0.15, 0.2) is 30.9 Å². The average Bonchev–Trinajstić information content (AvgIpc) is 2.80. The Morgan fingerprint density at radius 2 is 2.27 bits per heavy atom. The van der Waals surface area contributed by atoms with Crippen molar-refractivity contribution >= 4 is 16.9 Å². The van der Waals surface area contributed by atoms with Crippen LogP contribution in [-0.2, 0) is 24.3 Å². The minimum Gasteiger partial charge on any atom is -0.478 e. The monoisotopic (exact) mass is 302 g/mol. The van der Waals surface area contributed by atoms with Crippen molar-refractivity contribution in [2.24, 2.45) is 0 Å². The number of hydrogen-bond donors (Lipinski definition) is 1. The van der Waals surface area contributed by atoms with Crippen LogP contribution < -0.4 is 0 Å². The summed E-state index contributed by atoms with van der Waals surface area (Å²) in [5.41, 5.74) is 3.78. The third kappa shape index (κ3) is 2.53. The maximum atomic E-state index is 11.2. The van der Waals surface area contributed by atoms with Gasteiger partial charge in [0, 0.05) is 36.1 Å². The van der Waals surface area contributed by atoms with Gasteiger partial charge in [0.15, 0.2) is 0 Å². The lowest BCUT2D eigenvalue weighted by Gasteiger charge is -2.25. The van der Waals surface area contributed by atoms with Crippen LogP contribution in [0.25, 0.3) is 10.9 Å². The second-order valence-corrected chi connectivity index (χ2v) is 5.16. The normalized spacial score (nSPS) is 14.4. The number of carboxylic acid groups (broad SMARTS) is 1. The molecule has 0 radical (unpaired) electrons. The largest absolute Gasteiger partial charge is 0.478 e. The van der Waals surface area contributed by atoms with Crippen molar-refractivity contribution in [3.05, 3.63) is 47.7 Å². The Hall–Kier alpha value is -2.11. The molecule has 0 amide bonds. The number of aromatic carboxylic acids is 1. The number of rotatable bonds is 4. The minimum absolute atomic E-state index is 0. The number of fused-ring (bicyclic) bond motifs is 3. The standard InChI is InChI=1S/C16H18N2O3.CH4/c1-3-7-18-14-5-4-11(16(19)20)9-12(14)13-10-17(21-2)8-6-15(13)18;/h3-5,9H,1,6-8,10H2,2H3,(H,19,20);1H4. The number of hydroxylamine groups is 2. The molecule has 2 aromatic rings. The molecule has 1 N–H and O–H groups in total. The Labute approximate surface area is 130 Å². The zero-order valence-corrected chi connectivity index (χ0v) is 12.0. The van der Waals surface area contributed by atoms with Gasteiger partial charge in [-0.1, -0.05) is 13.5 Å². The number of hydrogen-bond acceptors (Lipinski definition) is 3. The van der Waals surface area contributed by atoms with Crippen LogP contribution in [-0.4, -0.2) is 34.4 Å². The summed E-state index contributed by atoms with van der Waals surface area (Å²) in [4.78, 5) is 16.5. The summed E-state index contributed by atoms with van der Waals surface area (Å²) < 4.78 is 2.22. The van der Waals surface area contributed by atoms with Crippen LogP contribution >= 0.6 is 0 Å². The van der Waals surface area contributed by atoms with Crippen molar-refractivity contribution in [3.63, 3.8) is 0 Å². The van der Waals surface area contributed by atoms with Crippen LogP contribution in [0, 0.1) is 0 Å². The van der Waals surface area contributed by atoms with Gasteiger partial charge in [-0.15, -0.1) is 6.58 Å². The predicted molar refractivity (Wildman–Crippen MR) is 86.9 cm³/mol. The molecule has 1 aliphatic rings.